The van der Waals surface area contributed by atoms with Crippen molar-refractivity contribution in [1.82, 2.24) is 9.62 Å². The molecule has 1 aliphatic heterocycles. The van der Waals surface area contributed by atoms with Crippen molar-refractivity contribution in [1.29, 1.82) is 0 Å². The van der Waals surface area contributed by atoms with Crippen molar-refractivity contribution < 1.29 is 13.2 Å². The van der Waals surface area contributed by atoms with E-state index < -0.39 is 10.0 Å². The molecule has 2 aromatic carbocycles. The molecule has 6 nitrogen and oxygen atoms in total. The number of hydrogen-bond donors (Lipinski definition) is 1. The number of sulfonamides is 1. The fourth-order valence-corrected chi connectivity index (χ4v) is 5.26. The quantitative estimate of drug-likeness (QED) is 0.629. The summed E-state index contributed by atoms with van der Waals surface area (Å²) in [4.78, 5) is 14.4. The van der Waals surface area contributed by atoms with Crippen molar-refractivity contribution in [2.75, 3.05) is 43.4 Å². The Morgan fingerprint density at radius 3 is 2.50 bits per heavy atom. The van der Waals surface area contributed by atoms with Crippen LogP contribution in [0.2, 0.25) is 10.0 Å². The lowest BCUT2D eigenvalue weighted by atomic mass is 10.2. The van der Waals surface area contributed by atoms with Gasteiger partial charge in [-0.1, -0.05) is 35.3 Å². The molecule has 1 saturated heterocycles. The van der Waals surface area contributed by atoms with Gasteiger partial charge in [0.1, 0.15) is 0 Å². The number of nitrogens with zero attached hydrogens (tertiary/aromatic N) is 2. The van der Waals surface area contributed by atoms with Gasteiger partial charge in [0.15, 0.2) is 0 Å². The molecule has 1 heterocycles. The van der Waals surface area contributed by atoms with Crippen LogP contribution in [0.4, 0.5) is 5.69 Å². The number of anilines is 1. The first-order valence-electron chi connectivity index (χ1n) is 9.79. The van der Waals surface area contributed by atoms with Crippen molar-refractivity contribution in [2.45, 2.75) is 13.3 Å². The highest BCUT2D eigenvalue weighted by molar-refractivity contribution is 7.89. The molecular weight excluding hydrogens is 445 g/mol. The van der Waals surface area contributed by atoms with Crippen LogP contribution in [0, 0.1) is 6.92 Å². The lowest BCUT2D eigenvalue weighted by molar-refractivity contribution is 0.0953. The highest BCUT2D eigenvalue weighted by Gasteiger charge is 2.26. The SMILES string of the molecule is Cc1cccc(N2CCN(S(=O)(=O)CCCNC(=O)c3cc(Cl)ccc3Cl)CC2)c1. The van der Waals surface area contributed by atoms with Gasteiger partial charge in [0.05, 0.1) is 16.3 Å². The Kier molecular flexibility index (Phi) is 7.63. The standard InChI is InChI=1S/C21H25Cl2N3O3S/c1-16-4-2-5-18(14-16)25-9-11-26(12-10-25)30(28,29)13-3-8-24-21(27)19-15-17(22)6-7-20(19)23/h2,4-7,14-15H,3,8-13H2,1H3,(H,24,27). The van der Waals surface area contributed by atoms with E-state index >= 15 is 0 Å². The Hall–Kier alpha value is -1.80. The predicted octanol–water partition coefficient (Wildman–Crippen LogP) is 3.57. The lowest BCUT2D eigenvalue weighted by Gasteiger charge is -2.35. The van der Waals surface area contributed by atoms with Crippen molar-refractivity contribution in [3.8, 4) is 0 Å². The van der Waals surface area contributed by atoms with E-state index in [2.05, 4.69) is 16.3 Å². The zero-order valence-corrected chi connectivity index (χ0v) is 19.1. The van der Waals surface area contributed by atoms with Crippen LogP contribution in [0.25, 0.3) is 0 Å². The van der Waals surface area contributed by atoms with Crippen molar-refractivity contribution >= 4 is 44.8 Å². The first-order chi connectivity index (χ1) is 14.3. The maximum absolute atomic E-state index is 12.7. The Balaban J connectivity index is 1.45. The fourth-order valence-electron chi connectivity index (χ4n) is 3.40. The van der Waals surface area contributed by atoms with Gasteiger partial charge >= 0.3 is 0 Å². The average molecular weight is 470 g/mol. The average Bonchev–Trinajstić information content (AvgIpc) is 2.73. The minimum Gasteiger partial charge on any atom is -0.369 e. The number of piperazine rings is 1. The van der Waals surface area contributed by atoms with Gasteiger partial charge in [-0.2, -0.15) is 4.31 Å². The lowest BCUT2D eigenvalue weighted by Crippen LogP contribution is -2.49. The van der Waals surface area contributed by atoms with Crippen LogP contribution in [-0.4, -0.2) is 57.1 Å². The van der Waals surface area contributed by atoms with Crippen LogP contribution in [-0.2, 0) is 10.0 Å². The Labute approximate surface area is 187 Å². The van der Waals surface area contributed by atoms with Crippen molar-refractivity contribution in [3.63, 3.8) is 0 Å². The van der Waals surface area contributed by atoms with E-state index in [-0.39, 0.29) is 23.8 Å². The zero-order chi connectivity index (χ0) is 21.7. The van der Waals surface area contributed by atoms with E-state index in [9.17, 15) is 13.2 Å². The molecule has 0 bridgehead atoms. The number of amides is 1. The summed E-state index contributed by atoms with van der Waals surface area (Å²) in [5, 5.41) is 3.42. The molecule has 3 rings (SSSR count). The number of carbonyl (C=O) groups excluding carboxylic acids is 1. The molecular formula is C21H25Cl2N3O3S. The van der Waals surface area contributed by atoms with E-state index in [0.717, 1.165) is 5.69 Å². The van der Waals surface area contributed by atoms with Gasteiger partial charge in [-0.05, 0) is 49.2 Å². The zero-order valence-electron chi connectivity index (χ0n) is 16.8. The van der Waals surface area contributed by atoms with Crippen LogP contribution < -0.4 is 10.2 Å². The normalized spacial score (nSPS) is 15.2. The minimum absolute atomic E-state index is 0.0129. The number of benzene rings is 2. The Morgan fingerprint density at radius 2 is 1.80 bits per heavy atom. The molecule has 2 aromatic rings. The van der Waals surface area contributed by atoms with E-state index in [1.807, 2.05) is 25.1 Å². The van der Waals surface area contributed by atoms with E-state index in [4.69, 9.17) is 23.2 Å². The highest BCUT2D eigenvalue weighted by atomic mass is 35.5. The van der Waals surface area contributed by atoms with Crippen LogP contribution in [0.5, 0.6) is 0 Å². The van der Waals surface area contributed by atoms with E-state index in [1.165, 1.54) is 15.9 Å². The van der Waals surface area contributed by atoms with E-state index in [1.54, 1.807) is 12.1 Å². The third-order valence-electron chi connectivity index (χ3n) is 5.04. The smallest absolute Gasteiger partial charge is 0.252 e. The summed E-state index contributed by atoms with van der Waals surface area (Å²) in [7, 11) is -3.37. The van der Waals surface area contributed by atoms with Gasteiger partial charge in [-0.15, -0.1) is 0 Å². The van der Waals surface area contributed by atoms with Crippen molar-refractivity contribution in [2.24, 2.45) is 0 Å². The number of rotatable bonds is 7. The largest absolute Gasteiger partial charge is 0.369 e. The molecule has 0 atom stereocenters. The molecule has 1 aliphatic rings. The van der Waals surface area contributed by atoms with Crippen LogP contribution in [0.1, 0.15) is 22.3 Å². The summed E-state index contributed by atoms with van der Waals surface area (Å²) in [6.07, 6.45) is 0.324. The fraction of sp³-hybridized carbons (Fsp3) is 0.381. The summed E-state index contributed by atoms with van der Waals surface area (Å²) in [5.41, 5.74) is 2.58. The topological polar surface area (TPSA) is 69.7 Å². The van der Waals surface area contributed by atoms with Gasteiger partial charge in [0.25, 0.3) is 5.91 Å². The molecule has 0 aliphatic carbocycles. The molecule has 162 valence electrons. The molecule has 0 aromatic heterocycles. The summed E-state index contributed by atoms with van der Waals surface area (Å²) in [6, 6.07) is 12.9. The van der Waals surface area contributed by atoms with Gasteiger partial charge in [-0.25, -0.2) is 8.42 Å². The van der Waals surface area contributed by atoms with Gasteiger partial charge in [0, 0.05) is 43.4 Å². The Bertz CT molecular complexity index is 1010. The first kappa shape index (κ1) is 22.9. The molecule has 0 saturated carbocycles. The van der Waals surface area contributed by atoms with Crippen molar-refractivity contribution in [3.05, 3.63) is 63.6 Å². The molecule has 9 heteroatoms. The molecule has 1 amide bonds. The first-order valence-corrected chi connectivity index (χ1v) is 12.2. The predicted molar refractivity (Wildman–Crippen MR) is 122 cm³/mol. The number of halogens is 2. The summed E-state index contributed by atoms with van der Waals surface area (Å²) in [6.45, 7) is 4.52. The minimum atomic E-state index is -3.37. The maximum Gasteiger partial charge on any atom is 0.252 e. The second kappa shape index (κ2) is 10.0. The van der Waals surface area contributed by atoms with Crippen LogP contribution in [0.15, 0.2) is 42.5 Å². The number of hydrogen-bond acceptors (Lipinski definition) is 4. The number of carbonyl (C=O) groups is 1. The third-order valence-corrected chi connectivity index (χ3v) is 7.56. The third kappa shape index (κ3) is 5.88. The monoisotopic (exact) mass is 469 g/mol. The van der Waals surface area contributed by atoms with E-state index in [0.29, 0.717) is 42.6 Å². The molecule has 1 N–H and O–H groups in total. The number of aryl methyl sites for hydroxylation is 1. The van der Waals surface area contributed by atoms with Gasteiger partial charge < -0.3 is 10.2 Å². The van der Waals surface area contributed by atoms with Crippen LogP contribution >= 0.6 is 23.2 Å². The number of nitrogens with one attached hydrogen (secondary N) is 1. The summed E-state index contributed by atoms with van der Waals surface area (Å²) < 4.78 is 26.8. The molecule has 0 radical (unpaired) electrons. The maximum atomic E-state index is 12.7. The highest BCUT2D eigenvalue weighted by Crippen LogP contribution is 2.21. The molecule has 0 spiro atoms. The van der Waals surface area contributed by atoms with Gasteiger partial charge in [-0.3, -0.25) is 4.79 Å². The van der Waals surface area contributed by atoms with Gasteiger partial charge in [0.2, 0.25) is 10.0 Å². The van der Waals surface area contributed by atoms with Crippen LogP contribution in [0.3, 0.4) is 0 Å². The molecule has 30 heavy (non-hydrogen) atoms. The summed E-state index contributed by atoms with van der Waals surface area (Å²) in [5.74, 6) is -0.382. The summed E-state index contributed by atoms with van der Waals surface area (Å²) >= 11 is 11.9. The second-order valence-corrected chi connectivity index (χ2v) is 10.2. The molecule has 1 fully saturated rings. The second-order valence-electron chi connectivity index (χ2n) is 7.27. The Morgan fingerprint density at radius 1 is 1.07 bits per heavy atom. The molecule has 0 unspecified atom stereocenters.